The van der Waals surface area contributed by atoms with Gasteiger partial charge in [-0.1, -0.05) is 251 Å². The molecule has 0 spiro atoms. The molecule has 0 aromatic carbocycles. The molecule has 0 amide bonds. The highest BCUT2D eigenvalue weighted by Gasteiger charge is 2.19. The van der Waals surface area contributed by atoms with E-state index in [4.69, 9.17) is 14.2 Å². The predicted molar refractivity (Wildman–Crippen MR) is 325 cm³/mol. The summed E-state index contributed by atoms with van der Waals surface area (Å²) in [5.41, 5.74) is 0. The molecule has 75 heavy (non-hydrogen) atoms. The normalized spacial score (nSPS) is 12.9. The molecule has 0 aliphatic rings. The fourth-order valence-corrected chi connectivity index (χ4v) is 8.28. The largest absolute Gasteiger partial charge is 0.462 e. The van der Waals surface area contributed by atoms with Gasteiger partial charge in [-0.3, -0.25) is 14.4 Å². The Labute approximate surface area is 462 Å². The first-order valence-corrected chi connectivity index (χ1v) is 31.0. The minimum Gasteiger partial charge on any atom is -0.462 e. The summed E-state index contributed by atoms with van der Waals surface area (Å²) in [6, 6.07) is 0. The molecule has 0 aromatic heterocycles. The highest BCUT2D eigenvalue weighted by molar-refractivity contribution is 5.71. The summed E-state index contributed by atoms with van der Waals surface area (Å²) < 4.78 is 16.9. The van der Waals surface area contributed by atoms with Crippen molar-refractivity contribution >= 4 is 17.9 Å². The molecule has 0 aromatic rings. The molecule has 0 fully saturated rings. The minimum absolute atomic E-state index is 0.0973. The standard InChI is InChI=1S/C69H114O6/c1-4-7-10-13-16-19-22-25-27-29-31-33-34-36-37-39-41-44-47-50-53-56-59-62-68(71)74-65-66(64-73-67(70)61-58-55-52-49-46-43-24-21-18-15-12-9-6-3)75-69(72)63-60-57-54-51-48-45-42-40-38-35-32-30-28-26-23-20-17-14-11-8-5-2/h8,11-12,15,17,20-22,24-26,28-29,31-32,34-36,40,42,66H,4-7,9-10,13-14,16,18-19,23,27,30,33,37-39,41,43-65H2,1-3H3/b11-8-,15-12-,20-17-,24-21-,25-22-,28-26-,31-29-,35-32-,36-34-,42-40-. The van der Waals surface area contributed by atoms with E-state index in [0.717, 1.165) is 161 Å². The molecule has 1 unspecified atom stereocenters. The summed E-state index contributed by atoms with van der Waals surface area (Å²) in [6.07, 6.45) is 86.2. The molecule has 0 aliphatic carbocycles. The number of ether oxygens (including phenoxy) is 3. The Balaban J connectivity index is 4.42. The average Bonchev–Trinajstić information content (AvgIpc) is 3.41. The summed E-state index contributed by atoms with van der Waals surface area (Å²) in [6.45, 7) is 6.42. The molecular formula is C69H114O6. The Morgan fingerprint density at radius 2 is 0.547 bits per heavy atom. The summed E-state index contributed by atoms with van der Waals surface area (Å²) in [4.78, 5) is 38.3. The van der Waals surface area contributed by atoms with E-state index >= 15 is 0 Å². The van der Waals surface area contributed by atoms with Crippen molar-refractivity contribution in [1.82, 2.24) is 0 Å². The maximum Gasteiger partial charge on any atom is 0.306 e. The third-order valence-electron chi connectivity index (χ3n) is 12.9. The third kappa shape index (κ3) is 60.6. The molecule has 0 radical (unpaired) electrons. The monoisotopic (exact) mass is 1040 g/mol. The highest BCUT2D eigenvalue weighted by Crippen LogP contribution is 2.14. The third-order valence-corrected chi connectivity index (χ3v) is 12.9. The van der Waals surface area contributed by atoms with Crippen LogP contribution in [-0.4, -0.2) is 37.2 Å². The number of allylic oxidation sites excluding steroid dienone is 20. The van der Waals surface area contributed by atoms with Crippen LogP contribution >= 0.6 is 0 Å². The van der Waals surface area contributed by atoms with Gasteiger partial charge in [0.1, 0.15) is 13.2 Å². The predicted octanol–water partition coefficient (Wildman–Crippen LogP) is 21.2. The minimum atomic E-state index is -0.802. The van der Waals surface area contributed by atoms with Crippen molar-refractivity contribution in [1.29, 1.82) is 0 Å². The van der Waals surface area contributed by atoms with Gasteiger partial charge in [-0.2, -0.15) is 0 Å². The maximum absolute atomic E-state index is 12.9. The fraction of sp³-hybridized carbons (Fsp3) is 0.667. The van der Waals surface area contributed by atoms with Crippen LogP contribution in [0.2, 0.25) is 0 Å². The average molecular weight is 1040 g/mol. The second kappa shape index (κ2) is 62.4. The number of hydrogen-bond donors (Lipinski definition) is 0. The van der Waals surface area contributed by atoms with E-state index < -0.39 is 6.10 Å². The Morgan fingerprint density at radius 3 is 0.867 bits per heavy atom. The summed E-state index contributed by atoms with van der Waals surface area (Å²) in [7, 11) is 0. The maximum atomic E-state index is 12.9. The zero-order valence-electron chi connectivity index (χ0n) is 48.8. The van der Waals surface area contributed by atoms with E-state index in [1.54, 1.807) is 0 Å². The molecule has 1 atom stereocenters. The van der Waals surface area contributed by atoms with Crippen molar-refractivity contribution in [2.45, 2.75) is 284 Å². The van der Waals surface area contributed by atoms with Gasteiger partial charge in [0.2, 0.25) is 0 Å². The van der Waals surface area contributed by atoms with Gasteiger partial charge in [-0.25, -0.2) is 0 Å². The van der Waals surface area contributed by atoms with Gasteiger partial charge in [0.25, 0.3) is 0 Å². The van der Waals surface area contributed by atoms with Crippen LogP contribution in [0.3, 0.4) is 0 Å². The second-order valence-corrected chi connectivity index (χ2v) is 20.2. The molecule has 6 nitrogen and oxygen atoms in total. The van der Waals surface area contributed by atoms with E-state index in [2.05, 4.69) is 142 Å². The Bertz CT molecular complexity index is 1570. The lowest BCUT2D eigenvalue weighted by Crippen LogP contribution is -2.30. The number of carbonyl (C=O) groups is 3. The van der Waals surface area contributed by atoms with E-state index in [1.165, 1.54) is 77.0 Å². The molecule has 6 heteroatoms. The quantitative estimate of drug-likeness (QED) is 0.0261. The number of rotatable bonds is 55. The van der Waals surface area contributed by atoms with Gasteiger partial charge in [-0.05, 0) is 128 Å². The van der Waals surface area contributed by atoms with Crippen molar-refractivity contribution in [2.24, 2.45) is 0 Å². The van der Waals surface area contributed by atoms with Crippen LogP contribution in [0.5, 0.6) is 0 Å². The molecule has 0 bridgehead atoms. The second-order valence-electron chi connectivity index (χ2n) is 20.2. The first-order valence-electron chi connectivity index (χ1n) is 31.0. The van der Waals surface area contributed by atoms with Crippen molar-refractivity contribution in [2.75, 3.05) is 13.2 Å². The van der Waals surface area contributed by atoms with E-state index in [0.29, 0.717) is 19.3 Å². The van der Waals surface area contributed by atoms with Crippen LogP contribution < -0.4 is 0 Å². The lowest BCUT2D eigenvalue weighted by Gasteiger charge is -2.18. The van der Waals surface area contributed by atoms with Gasteiger partial charge in [-0.15, -0.1) is 0 Å². The molecule has 0 N–H and O–H groups in total. The van der Waals surface area contributed by atoms with Crippen LogP contribution in [0, 0.1) is 0 Å². The van der Waals surface area contributed by atoms with Crippen LogP contribution in [-0.2, 0) is 28.6 Å². The summed E-state index contributed by atoms with van der Waals surface area (Å²) in [5, 5.41) is 0. The van der Waals surface area contributed by atoms with Crippen LogP contribution in [0.15, 0.2) is 122 Å². The van der Waals surface area contributed by atoms with Gasteiger partial charge in [0.05, 0.1) is 0 Å². The first kappa shape index (κ1) is 70.8. The lowest BCUT2D eigenvalue weighted by atomic mass is 10.1. The summed E-state index contributed by atoms with van der Waals surface area (Å²) in [5.74, 6) is -0.936. The van der Waals surface area contributed by atoms with Gasteiger partial charge >= 0.3 is 17.9 Å². The molecule has 426 valence electrons. The zero-order chi connectivity index (χ0) is 54.3. The first-order chi connectivity index (χ1) is 37.0. The van der Waals surface area contributed by atoms with E-state index in [1.807, 2.05) is 0 Å². The van der Waals surface area contributed by atoms with Gasteiger partial charge in [0, 0.05) is 19.3 Å². The number of unbranched alkanes of at least 4 members (excludes halogenated alkanes) is 24. The van der Waals surface area contributed by atoms with Crippen LogP contribution in [0.25, 0.3) is 0 Å². The van der Waals surface area contributed by atoms with E-state index in [-0.39, 0.29) is 31.1 Å². The summed E-state index contributed by atoms with van der Waals surface area (Å²) >= 11 is 0. The molecule has 0 saturated carbocycles. The molecule has 0 aliphatic heterocycles. The molecule has 0 heterocycles. The molecule has 0 saturated heterocycles. The number of hydrogen-bond acceptors (Lipinski definition) is 6. The zero-order valence-corrected chi connectivity index (χ0v) is 48.8. The van der Waals surface area contributed by atoms with Crippen LogP contribution in [0.1, 0.15) is 278 Å². The van der Waals surface area contributed by atoms with Crippen molar-refractivity contribution < 1.29 is 28.6 Å². The van der Waals surface area contributed by atoms with Crippen LogP contribution in [0.4, 0.5) is 0 Å². The Hall–Kier alpha value is -4.19. The van der Waals surface area contributed by atoms with Gasteiger partial charge < -0.3 is 14.2 Å². The molecular weight excluding hydrogens is 925 g/mol. The smallest absolute Gasteiger partial charge is 0.306 e. The number of esters is 3. The van der Waals surface area contributed by atoms with Gasteiger partial charge in [0.15, 0.2) is 6.10 Å². The fourth-order valence-electron chi connectivity index (χ4n) is 8.28. The van der Waals surface area contributed by atoms with Crippen molar-refractivity contribution in [3.8, 4) is 0 Å². The lowest BCUT2D eigenvalue weighted by molar-refractivity contribution is -0.167. The molecule has 0 rings (SSSR count). The Kier molecular flexibility index (Phi) is 58.9. The SMILES string of the molecule is CC/C=C\C/C=C\C/C=C\C/C=C\C/C=C\CCCCCCCC(=O)OC(COC(=O)CCCCCCC/C=C\C/C=C\CCC)COC(=O)CCCCCCCCCC/C=C\C/C=C\C/C=C\CCCCCCC. The Morgan fingerprint density at radius 1 is 0.280 bits per heavy atom. The topological polar surface area (TPSA) is 78.9 Å². The van der Waals surface area contributed by atoms with Crippen molar-refractivity contribution in [3.05, 3.63) is 122 Å². The van der Waals surface area contributed by atoms with Crippen molar-refractivity contribution in [3.63, 3.8) is 0 Å². The van der Waals surface area contributed by atoms with E-state index in [9.17, 15) is 14.4 Å². The number of carbonyl (C=O) groups excluding carboxylic acids is 3. The highest BCUT2D eigenvalue weighted by atomic mass is 16.6.